The van der Waals surface area contributed by atoms with E-state index in [-0.39, 0.29) is 12.0 Å². The number of hydrogen-bond acceptors (Lipinski definition) is 3. The van der Waals surface area contributed by atoms with E-state index in [2.05, 4.69) is 18.3 Å². The summed E-state index contributed by atoms with van der Waals surface area (Å²) in [5.41, 5.74) is -0.752. The topological polar surface area (TPSA) is 62.1 Å². The van der Waals surface area contributed by atoms with Gasteiger partial charge in [0.25, 0.3) is 0 Å². The van der Waals surface area contributed by atoms with Crippen LogP contribution in [0.4, 0.5) is 0 Å². The number of hydrogen-bond donors (Lipinski definition) is 1. The zero-order chi connectivity index (χ0) is 12.9. The smallest absolute Gasteiger partial charge is 0.240 e. The van der Waals surface area contributed by atoms with Gasteiger partial charge in [-0.3, -0.25) is 4.79 Å². The van der Waals surface area contributed by atoms with Crippen LogP contribution in [-0.2, 0) is 9.53 Å². The molecule has 0 unspecified atom stereocenters. The summed E-state index contributed by atoms with van der Waals surface area (Å²) in [4.78, 5) is 11.8. The van der Waals surface area contributed by atoms with Crippen molar-refractivity contribution >= 4 is 5.91 Å². The van der Waals surface area contributed by atoms with Crippen LogP contribution >= 0.6 is 0 Å². The zero-order valence-electron chi connectivity index (χ0n) is 11.0. The van der Waals surface area contributed by atoms with Gasteiger partial charge in [0.1, 0.15) is 5.41 Å². The Hall–Kier alpha value is -1.08. The summed E-state index contributed by atoms with van der Waals surface area (Å²) in [5.74, 6) is 0.382. The molecular formula is C13H22N2O2. The molecule has 4 heteroatoms. The molecule has 0 saturated heterocycles. The number of ether oxygens (including phenoxy) is 1. The Bertz CT molecular complexity index is 301. The lowest BCUT2D eigenvalue weighted by Crippen LogP contribution is -2.48. The zero-order valence-corrected chi connectivity index (χ0v) is 11.0. The van der Waals surface area contributed by atoms with Gasteiger partial charge in [0, 0.05) is 13.2 Å². The molecule has 1 fully saturated rings. The van der Waals surface area contributed by atoms with Crippen molar-refractivity contribution in [2.45, 2.75) is 46.1 Å². The summed E-state index contributed by atoms with van der Waals surface area (Å²) >= 11 is 0. The lowest BCUT2D eigenvalue weighted by molar-refractivity contribution is -0.134. The van der Waals surface area contributed by atoms with Gasteiger partial charge in [-0.05, 0) is 39.0 Å². The highest BCUT2D eigenvalue weighted by Crippen LogP contribution is 2.44. The SMILES string of the molecule is CC1CC(C#N)(C(=O)NCCCOC(C)C)C1. The average molecular weight is 238 g/mol. The fourth-order valence-corrected chi connectivity index (χ4v) is 2.22. The maximum Gasteiger partial charge on any atom is 0.240 e. The Morgan fingerprint density at radius 2 is 2.24 bits per heavy atom. The number of amides is 1. The van der Waals surface area contributed by atoms with Crippen LogP contribution in [0.25, 0.3) is 0 Å². The van der Waals surface area contributed by atoms with E-state index in [0.717, 1.165) is 6.42 Å². The molecule has 0 aromatic rings. The van der Waals surface area contributed by atoms with Crippen LogP contribution in [0.2, 0.25) is 0 Å². The molecular weight excluding hydrogens is 216 g/mol. The molecule has 0 bridgehead atoms. The maximum absolute atomic E-state index is 11.8. The Kier molecular flexibility index (Phi) is 4.95. The number of nitrogens with one attached hydrogen (secondary N) is 1. The van der Waals surface area contributed by atoms with E-state index in [1.54, 1.807) is 0 Å². The standard InChI is InChI=1S/C13H22N2O2/c1-10(2)17-6-4-5-15-12(16)13(9-14)7-11(3)8-13/h10-11H,4-8H2,1-3H3,(H,15,16). The quantitative estimate of drug-likeness (QED) is 0.718. The predicted molar refractivity (Wildman–Crippen MR) is 65.2 cm³/mol. The molecule has 1 aliphatic carbocycles. The molecule has 1 amide bonds. The van der Waals surface area contributed by atoms with Gasteiger partial charge in [0.05, 0.1) is 12.2 Å². The molecule has 0 heterocycles. The van der Waals surface area contributed by atoms with Crippen molar-refractivity contribution in [2.24, 2.45) is 11.3 Å². The lowest BCUT2D eigenvalue weighted by Gasteiger charge is -2.39. The number of rotatable bonds is 6. The first kappa shape index (κ1) is 14.0. The molecule has 17 heavy (non-hydrogen) atoms. The number of nitriles is 1. The average Bonchev–Trinajstić information content (AvgIpc) is 2.23. The van der Waals surface area contributed by atoms with Crippen LogP contribution < -0.4 is 5.32 Å². The molecule has 0 spiro atoms. The van der Waals surface area contributed by atoms with E-state index in [9.17, 15) is 4.79 Å². The van der Waals surface area contributed by atoms with Crippen LogP contribution in [-0.4, -0.2) is 25.2 Å². The minimum Gasteiger partial charge on any atom is -0.379 e. The number of nitrogens with zero attached hydrogens (tertiary/aromatic N) is 1. The van der Waals surface area contributed by atoms with Gasteiger partial charge < -0.3 is 10.1 Å². The van der Waals surface area contributed by atoms with Gasteiger partial charge in [-0.25, -0.2) is 0 Å². The maximum atomic E-state index is 11.8. The summed E-state index contributed by atoms with van der Waals surface area (Å²) in [6, 6.07) is 2.16. The van der Waals surface area contributed by atoms with Crippen LogP contribution in [0.1, 0.15) is 40.0 Å². The highest BCUT2D eigenvalue weighted by molar-refractivity contribution is 5.86. The molecule has 0 atom stereocenters. The highest BCUT2D eigenvalue weighted by Gasteiger charge is 2.48. The van der Waals surface area contributed by atoms with Crippen molar-refractivity contribution in [3.05, 3.63) is 0 Å². The van der Waals surface area contributed by atoms with Crippen molar-refractivity contribution in [3.63, 3.8) is 0 Å². The molecule has 4 nitrogen and oxygen atoms in total. The first-order chi connectivity index (χ1) is 8.00. The molecule has 1 saturated carbocycles. The van der Waals surface area contributed by atoms with Gasteiger partial charge in [-0.1, -0.05) is 6.92 Å². The molecule has 1 N–H and O–H groups in total. The Morgan fingerprint density at radius 1 is 1.59 bits per heavy atom. The van der Waals surface area contributed by atoms with Crippen molar-refractivity contribution in [1.82, 2.24) is 5.32 Å². The third-order valence-electron chi connectivity index (χ3n) is 3.10. The molecule has 0 radical (unpaired) electrons. The summed E-state index contributed by atoms with van der Waals surface area (Å²) in [6.45, 7) is 7.27. The van der Waals surface area contributed by atoms with Gasteiger partial charge in [-0.2, -0.15) is 5.26 Å². The van der Waals surface area contributed by atoms with E-state index in [1.165, 1.54) is 0 Å². The summed E-state index contributed by atoms with van der Waals surface area (Å²) < 4.78 is 5.38. The molecule has 0 aromatic carbocycles. The third kappa shape index (κ3) is 3.71. The molecule has 1 rings (SSSR count). The van der Waals surface area contributed by atoms with E-state index in [4.69, 9.17) is 10.00 Å². The van der Waals surface area contributed by atoms with Crippen molar-refractivity contribution in [1.29, 1.82) is 5.26 Å². The molecule has 0 aliphatic heterocycles. The van der Waals surface area contributed by atoms with Gasteiger partial charge >= 0.3 is 0 Å². The largest absolute Gasteiger partial charge is 0.379 e. The number of carbonyl (C=O) groups is 1. The molecule has 96 valence electrons. The predicted octanol–water partition coefficient (Wildman–Crippen LogP) is 1.86. The Labute approximate surface area is 103 Å². The Morgan fingerprint density at radius 3 is 2.71 bits per heavy atom. The van der Waals surface area contributed by atoms with Crippen LogP contribution in [0.5, 0.6) is 0 Å². The fraction of sp³-hybridized carbons (Fsp3) is 0.846. The van der Waals surface area contributed by atoms with Crippen molar-refractivity contribution in [2.75, 3.05) is 13.2 Å². The van der Waals surface area contributed by atoms with E-state index < -0.39 is 5.41 Å². The first-order valence-corrected chi connectivity index (χ1v) is 6.31. The van der Waals surface area contributed by atoms with Crippen molar-refractivity contribution in [3.8, 4) is 6.07 Å². The van der Waals surface area contributed by atoms with E-state index in [1.807, 2.05) is 13.8 Å². The fourth-order valence-electron chi connectivity index (χ4n) is 2.22. The third-order valence-corrected chi connectivity index (χ3v) is 3.10. The molecule has 0 aromatic heterocycles. The first-order valence-electron chi connectivity index (χ1n) is 6.31. The van der Waals surface area contributed by atoms with Gasteiger partial charge in [0.2, 0.25) is 5.91 Å². The summed E-state index contributed by atoms with van der Waals surface area (Å²) in [5, 5.41) is 11.9. The summed E-state index contributed by atoms with van der Waals surface area (Å²) in [7, 11) is 0. The number of carbonyl (C=O) groups excluding carboxylic acids is 1. The Balaban J connectivity index is 2.19. The van der Waals surface area contributed by atoms with Crippen LogP contribution in [0.15, 0.2) is 0 Å². The monoisotopic (exact) mass is 238 g/mol. The molecule has 1 aliphatic rings. The highest BCUT2D eigenvalue weighted by atomic mass is 16.5. The van der Waals surface area contributed by atoms with Crippen molar-refractivity contribution < 1.29 is 9.53 Å². The summed E-state index contributed by atoms with van der Waals surface area (Å²) in [6.07, 6.45) is 2.40. The van der Waals surface area contributed by atoms with Crippen LogP contribution in [0.3, 0.4) is 0 Å². The van der Waals surface area contributed by atoms with E-state index in [0.29, 0.717) is 31.9 Å². The van der Waals surface area contributed by atoms with E-state index >= 15 is 0 Å². The van der Waals surface area contributed by atoms with Crippen LogP contribution in [0, 0.1) is 22.7 Å². The van der Waals surface area contributed by atoms with Gasteiger partial charge in [-0.15, -0.1) is 0 Å². The normalized spacial score (nSPS) is 27.4. The minimum absolute atomic E-state index is 0.109. The van der Waals surface area contributed by atoms with Gasteiger partial charge in [0.15, 0.2) is 0 Å². The minimum atomic E-state index is -0.752. The lowest BCUT2D eigenvalue weighted by atomic mass is 9.63. The second-order valence-electron chi connectivity index (χ2n) is 5.24. The second kappa shape index (κ2) is 6.02. The second-order valence-corrected chi connectivity index (χ2v) is 5.24.